The number of ether oxygens (including phenoxy) is 2. The minimum absolute atomic E-state index is 0.281. The maximum absolute atomic E-state index is 10.9. The van der Waals surface area contributed by atoms with Crippen molar-refractivity contribution in [3.8, 4) is 17.6 Å². The lowest BCUT2D eigenvalue weighted by atomic mass is 10.1. The number of methoxy groups -OCH3 is 1. The molecule has 6 heteroatoms. The van der Waals surface area contributed by atoms with Crippen LogP contribution in [0.3, 0.4) is 0 Å². The lowest BCUT2D eigenvalue weighted by molar-refractivity contribution is 0.112. The van der Waals surface area contributed by atoms with Crippen molar-refractivity contribution in [2.45, 2.75) is 4.90 Å². The van der Waals surface area contributed by atoms with Crippen LogP contribution in [0.2, 0.25) is 5.02 Å². The first-order chi connectivity index (χ1) is 11.2. The largest absolute Gasteiger partial charge is 0.493 e. The third-order valence-corrected chi connectivity index (χ3v) is 4.19. The first kappa shape index (κ1) is 17.2. The maximum Gasteiger partial charge on any atom is 0.178 e. The minimum Gasteiger partial charge on any atom is -0.493 e. The molecule has 0 saturated carbocycles. The number of hydrogen-bond acceptors (Lipinski definition) is 5. The number of carbonyl (C=O) groups excluding carboxylic acids is 1. The Balaban J connectivity index is 2.01. The molecule has 0 fully saturated rings. The van der Waals surface area contributed by atoms with E-state index in [4.69, 9.17) is 21.1 Å². The van der Waals surface area contributed by atoms with Crippen LogP contribution in [0.4, 0.5) is 0 Å². The van der Waals surface area contributed by atoms with Gasteiger partial charge in [-0.1, -0.05) is 11.6 Å². The molecule has 0 radical (unpaired) electrons. The van der Waals surface area contributed by atoms with Crippen molar-refractivity contribution in [1.82, 2.24) is 0 Å². The van der Waals surface area contributed by atoms with Crippen LogP contribution in [0, 0.1) is 11.3 Å². The normalized spacial score (nSPS) is 9.96. The van der Waals surface area contributed by atoms with Crippen molar-refractivity contribution < 1.29 is 14.3 Å². The number of carbonyl (C=O) groups is 1. The molecule has 0 amide bonds. The van der Waals surface area contributed by atoms with Gasteiger partial charge in [-0.15, -0.1) is 11.8 Å². The standard InChI is InChI=1S/C17H14ClNO3S/c1-21-16-9-12(11-20)8-13(10-19)17(16)22-6-7-23-15-4-2-14(18)3-5-15/h2-5,8-9,11H,6-7H2,1H3. The van der Waals surface area contributed by atoms with Gasteiger partial charge in [-0.05, 0) is 36.4 Å². The molecule has 0 aliphatic heterocycles. The Morgan fingerprint density at radius 1 is 1.30 bits per heavy atom. The van der Waals surface area contributed by atoms with Gasteiger partial charge >= 0.3 is 0 Å². The molecule has 0 aromatic heterocycles. The molecule has 0 bridgehead atoms. The van der Waals surface area contributed by atoms with Crippen LogP contribution in [0.25, 0.3) is 0 Å². The Hall–Kier alpha value is -2.16. The SMILES string of the molecule is COc1cc(C=O)cc(C#N)c1OCCSc1ccc(Cl)cc1. The number of thioether (sulfide) groups is 1. The van der Waals surface area contributed by atoms with Crippen LogP contribution in [-0.2, 0) is 0 Å². The van der Waals surface area contributed by atoms with E-state index in [-0.39, 0.29) is 5.56 Å². The van der Waals surface area contributed by atoms with E-state index >= 15 is 0 Å². The highest BCUT2D eigenvalue weighted by Crippen LogP contribution is 2.32. The van der Waals surface area contributed by atoms with Gasteiger partial charge in [0.1, 0.15) is 12.4 Å². The van der Waals surface area contributed by atoms with Gasteiger partial charge in [-0.25, -0.2) is 0 Å². The van der Waals surface area contributed by atoms with E-state index in [1.807, 2.05) is 30.3 Å². The Labute approximate surface area is 144 Å². The number of halogens is 1. The van der Waals surface area contributed by atoms with Crippen molar-refractivity contribution in [2.24, 2.45) is 0 Å². The third kappa shape index (κ3) is 4.65. The molecule has 0 unspecified atom stereocenters. The molecule has 4 nitrogen and oxygen atoms in total. The van der Waals surface area contributed by atoms with Gasteiger partial charge in [0.15, 0.2) is 11.5 Å². The van der Waals surface area contributed by atoms with Crippen LogP contribution in [0.15, 0.2) is 41.3 Å². The molecule has 2 rings (SSSR count). The fourth-order valence-electron chi connectivity index (χ4n) is 1.91. The van der Waals surface area contributed by atoms with E-state index in [2.05, 4.69) is 0 Å². The molecule has 2 aromatic carbocycles. The summed E-state index contributed by atoms with van der Waals surface area (Å²) in [6.07, 6.45) is 0.670. The summed E-state index contributed by atoms with van der Waals surface area (Å²) in [5.74, 6) is 1.44. The Morgan fingerprint density at radius 2 is 2.04 bits per heavy atom. The fraction of sp³-hybridized carbons (Fsp3) is 0.176. The van der Waals surface area contributed by atoms with E-state index in [1.54, 1.807) is 17.8 Å². The zero-order chi connectivity index (χ0) is 16.7. The van der Waals surface area contributed by atoms with E-state index in [0.29, 0.717) is 40.7 Å². The molecular weight excluding hydrogens is 334 g/mol. The van der Waals surface area contributed by atoms with E-state index in [1.165, 1.54) is 13.2 Å². The van der Waals surface area contributed by atoms with Gasteiger partial charge in [0.2, 0.25) is 0 Å². The predicted molar refractivity (Wildman–Crippen MR) is 90.8 cm³/mol. The smallest absolute Gasteiger partial charge is 0.178 e. The number of aldehydes is 1. The second kappa shape index (κ2) is 8.47. The number of nitriles is 1. The van der Waals surface area contributed by atoms with Crippen molar-refractivity contribution in [2.75, 3.05) is 19.5 Å². The highest BCUT2D eigenvalue weighted by Gasteiger charge is 2.13. The zero-order valence-corrected chi connectivity index (χ0v) is 14.0. The molecule has 0 aliphatic rings. The second-order valence-electron chi connectivity index (χ2n) is 4.48. The maximum atomic E-state index is 10.9. The zero-order valence-electron chi connectivity index (χ0n) is 12.4. The minimum atomic E-state index is 0.281. The number of hydrogen-bond donors (Lipinski definition) is 0. The average molecular weight is 348 g/mol. The molecule has 0 atom stereocenters. The van der Waals surface area contributed by atoms with E-state index in [9.17, 15) is 10.1 Å². The van der Waals surface area contributed by atoms with Gasteiger partial charge in [-0.2, -0.15) is 5.26 Å². The van der Waals surface area contributed by atoms with Crippen molar-refractivity contribution >= 4 is 29.6 Å². The highest BCUT2D eigenvalue weighted by atomic mass is 35.5. The molecule has 23 heavy (non-hydrogen) atoms. The topological polar surface area (TPSA) is 59.3 Å². The van der Waals surface area contributed by atoms with E-state index in [0.717, 1.165) is 4.90 Å². The lowest BCUT2D eigenvalue weighted by Gasteiger charge is -2.12. The van der Waals surface area contributed by atoms with Crippen LogP contribution >= 0.6 is 23.4 Å². The van der Waals surface area contributed by atoms with Crippen molar-refractivity contribution in [3.05, 3.63) is 52.5 Å². The molecule has 118 valence electrons. The highest BCUT2D eigenvalue weighted by molar-refractivity contribution is 7.99. The monoisotopic (exact) mass is 347 g/mol. The third-order valence-electron chi connectivity index (χ3n) is 2.97. The summed E-state index contributed by atoms with van der Waals surface area (Å²) in [7, 11) is 1.47. The Morgan fingerprint density at radius 3 is 2.65 bits per heavy atom. The van der Waals surface area contributed by atoms with Crippen LogP contribution in [0.1, 0.15) is 15.9 Å². The molecule has 2 aromatic rings. The summed E-state index contributed by atoms with van der Waals surface area (Å²) >= 11 is 7.46. The molecule has 0 spiro atoms. The van der Waals surface area contributed by atoms with Gasteiger partial charge < -0.3 is 9.47 Å². The molecule has 0 heterocycles. The quantitative estimate of drug-likeness (QED) is 0.426. The van der Waals surface area contributed by atoms with E-state index < -0.39 is 0 Å². The molecular formula is C17H14ClNO3S. The van der Waals surface area contributed by atoms with Crippen LogP contribution < -0.4 is 9.47 Å². The summed E-state index contributed by atoms with van der Waals surface area (Å²) in [4.78, 5) is 12.0. The number of benzene rings is 2. The van der Waals surface area contributed by atoms with Crippen molar-refractivity contribution in [3.63, 3.8) is 0 Å². The summed E-state index contributed by atoms with van der Waals surface area (Å²) in [6.45, 7) is 0.402. The fourth-order valence-corrected chi connectivity index (χ4v) is 2.77. The number of nitrogens with zero attached hydrogens (tertiary/aromatic N) is 1. The lowest BCUT2D eigenvalue weighted by Crippen LogP contribution is -2.04. The first-order valence-corrected chi connectivity index (χ1v) is 8.12. The average Bonchev–Trinajstić information content (AvgIpc) is 2.59. The van der Waals surface area contributed by atoms with Crippen LogP contribution in [-0.4, -0.2) is 25.8 Å². The summed E-state index contributed by atoms with van der Waals surface area (Å²) in [5.41, 5.74) is 0.657. The molecule has 0 saturated heterocycles. The van der Waals surface area contributed by atoms with Gasteiger partial charge in [0.05, 0.1) is 19.3 Å². The Kier molecular flexibility index (Phi) is 6.33. The van der Waals surface area contributed by atoms with Crippen molar-refractivity contribution in [1.29, 1.82) is 5.26 Å². The van der Waals surface area contributed by atoms with Gasteiger partial charge in [-0.3, -0.25) is 4.79 Å². The Bertz CT molecular complexity index is 726. The summed E-state index contributed by atoms with van der Waals surface area (Å²) < 4.78 is 10.9. The summed E-state index contributed by atoms with van der Waals surface area (Å²) in [5, 5.41) is 9.90. The van der Waals surface area contributed by atoms with Gasteiger partial charge in [0, 0.05) is 21.2 Å². The van der Waals surface area contributed by atoms with Gasteiger partial charge in [0.25, 0.3) is 0 Å². The second-order valence-corrected chi connectivity index (χ2v) is 6.09. The number of rotatable bonds is 7. The molecule has 0 N–H and O–H groups in total. The summed E-state index contributed by atoms with van der Waals surface area (Å²) in [6, 6.07) is 12.6. The van der Waals surface area contributed by atoms with Crippen LogP contribution in [0.5, 0.6) is 11.5 Å². The molecule has 0 aliphatic carbocycles. The first-order valence-electron chi connectivity index (χ1n) is 6.76. The predicted octanol–water partition coefficient (Wildman–Crippen LogP) is 4.20.